The third-order valence-electron chi connectivity index (χ3n) is 3.93. The molecule has 138 valence electrons. The Morgan fingerprint density at radius 2 is 1.70 bits per heavy atom. The highest BCUT2D eigenvalue weighted by molar-refractivity contribution is 4.67. The van der Waals surface area contributed by atoms with E-state index in [0.29, 0.717) is 39.3 Å². The first kappa shape index (κ1) is 20.8. The van der Waals surface area contributed by atoms with E-state index in [0.717, 1.165) is 13.0 Å². The summed E-state index contributed by atoms with van der Waals surface area (Å²) in [7, 11) is 1.65. The smallest absolute Gasteiger partial charge is 0.146 e. The number of rotatable bonds is 18. The zero-order chi connectivity index (χ0) is 16.6. The van der Waals surface area contributed by atoms with Crippen LogP contribution in [0.4, 0.5) is 0 Å². The first-order chi connectivity index (χ1) is 11.4. The molecule has 23 heavy (non-hydrogen) atoms. The lowest BCUT2D eigenvalue weighted by molar-refractivity contribution is -0.103. The fourth-order valence-electron chi connectivity index (χ4n) is 2.42. The van der Waals surface area contributed by atoms with Crippen molar-refractivity contribution in [2.75, 3.05) is 46.9 Å². The van der Waals surface area contributed by atoms with E-state index in [1.54, 1.807) is 7.11 Å². The van der Waals surface area contributed by atoms with Gasteiger partial charge in [0.05, 0.1) is 39.1 Å². The number of methoxy groups -OCH3 is 1. The van der Waals surface area contributed by atoms with Gasteiger partial charge in [-0.25, -0.2) is 0 Å². The lowest BCUT2D eigenvalue weighted by Crippen LogP contribution is -2.22. The topological polar surface area (TPSA) is 49.5 Å². The second kappa shape index (κ2) is 15.3. The quantitative estimate of drug-likeness (QED) is 0.218. The second-order valence-electron chi connectivity index (χ2n) is 6.21. The molecule has 0 radical (unpaired) electrons. The monoisotopic (exact) mass is 332 g/mol. The van der Waals surface area contributed by atoms with Crippen LogP contribution in [0.25, 0.3) is 0 Å². The molecule has 0 amide bonds. The van der Waals surface area contributed by atoms with E-state index < -0.39 is 0 Å². The molecule has 5 heteroatoms. The Hall–Kier alpha value is -0.200. The van der Waals surface area contributed by atoms with Gasteiger partial charge in [0.1, 0.15) is 12.9 Å². The number of unbranched alkanes of at least 4 members (excludes halogenated alkanes) is 6. The molecule has 0 saturated carbocycles. The Bertz CT molecular complexity index is 246. The van der Waals surface area contributed by atoms with Crippen molar-refractivity contribution in [1.29, 1.82) is 0 Å². The second-order valence-corrected chi connectivity index (χ2v) is 6.21. The van der Waals surface area contributed by atoms with Gasteiger partial charge in [0.15, 0.2) is 0 Å². The number of ether oxygens (including phenoxy) is 5. The van der Waals surface area contributed by atoms with Gasteiger partial charge >= 0.3 is 0 Å². The lowest BCUT2D eigenvalue weighted by atomic mass is 10.1. The molecule has 0 spiro atoms. The van der Waals surface area contributed by atoms with Gasteiger partial charge in [0.2, 0.25) is 0 Å². The van der Waals surface area contributed by atoms with E-state index in [2.05, 4.69) is 6.92 Å². The molecular formula is C18H36O5. The summed E-state index contributed by atoms with van der Waals surface area (Å²) >= 11 is 0. The molecular weight excluding hydrogens is 296 g/mol. The summed E-state index contributed by atoms with van der Waals surface area (Å²) in [6.45, 7) is 5.95. The molecule has 0 N–H and O–H groups in total. The van der Waals surface area contributed by atoms with Crippen LogP contribution < -0.4 is 0 Å². The minimum atomic E-state index is 0.123. The van der Waals surface area contributed by atoms with Crippen molar-refractivity contribution < 1.29 is 23.7 Å². The van der Waals surface area contributed by atoms with Crippen LogP contribution in [0.3, 0.4) is 0 Å². The fraction of sp³-hybridized carbons (Fsp3) is 1.00. The first-order valence-electron chi connectivity index (χ1n) is 9.24. The Kier molecular flexibility index (Phi) is 13.9. The van der Waals surface area contributed by atoms with Gasteiger partial charge in [-0.05, 0) is 6.42 Å². The van der Waals surface area contributed by atoms with E-state index in [4.69, 9.17) is 23.7 Å². The number of hydrogen-bond donors (Lipinski definition) is 0. The SMILES string of the molecule is CCCCCCCCC[C@@H](COCCOC[C@@H]1CO1)OCOC. The van der Waals surface area contributed by atoms with Gasteiger partial charge in [-0.15, -0.1) is 0 Å². The van der Waals surface area contributed by atoms with Crippen LogP contribution in [0.5, 0.6) is 0 Å². The minimum Gasteiger partial charge on any atom is -0.376 e. The minimum absolute atomic E-state index is 0.123. The predicted molar refractivity (Wildman–Crippen MR) is 90.7 cm³/mol. The van der Waals surface area contributed by atoms with Crippen molar-refractivity contribution in [3.63, 3.8) is 0 Å². The highest BCUT2D eigenvalue weighted by atomic mass is 16.7. The van der Waals surface area contributed by atoms with Crippen LogP contribution in [-0.4, -0.2) is 59.1 Å². The summed E-state index contributed by atoms with van der Waals surface area (Å²) in [5, 5.41) is 0. The third kappa shape index (κ3) is 13.9. The van der Waals surface area contributed by atoms with Crippen LogP contribution >= 0.6 is 0 Å². The first-order valence-corrected chi connectivity index (χ1v) is 9.24. The van der Waals surface area contributed by atoms with Crippen molar-refractivity contribution in [2.24, 2.45) is 0 Å². The maximum absolute atomic E-state index is 5.68. The summed E-state index contributed by atoms with van der Waals surface area (Å²) in [5.74, 6) is 0. The Morgan fingerprint density at radius 1 is 1.00 bits per heavy atom. The zero-order valence-corrected chi connectivity index (χ0v) is 15.1. The maximum Gasteiger partial charge on any atom is 0.146 e. The fourth-order valence-corrected chi connectivity index (χ4v) is 2.42. The number of epoxide rings is 1. The zero-order valence-electron chi connectivity index (χ0n) is 15.1. The van der Waals surface area contributed by atoms with Crippen LogP contribution in [0.2, 0.25) is 0 Å². The molecule has 0 aromatic heterocycles. The van der Waals surface area contributed by atoms with Crippen molar-refractivity contribution in [2.45, 2.75) is 70.5 Å². The predicted octanol–water partition coefficient (Wildman–Crippen LogP) is 3.55. The van der Waals surface area contributed by atoms with Crippen LogP contribution in [-0.2, 0) is 23.7 Å². The summed E-state index contributed by atoms with van der Waals surface area (Å²) in [5.41, 5.74) is 0. The molecule has 1 aliphatic heterocycles. The van der Waals surface area contributed by atoms with E-state index in [1.807, 2.05) is 0 Å². The highest BCUT2D eigenvalue weighted by Crippen LogP contribution is 2.12. The average Bonchev–Trinajstić information content (AvgIpc) is 3.38. The largest absolute Gasteiger partial charge is 0.376 e. The van der Waals surface area contributed by atoms with Gasteiger partial charge in [0.25, 0.3) is 0 Å². The van der Waals surface area contributed by atoms with Crippen LogP contribution in [0, 0.1) is 0 Å². The van der Waals surface area contributed by atoms with Gasteiger partial charge in [-0.2, -0.15) is 0 Å². The van der Waals surface area contributed by atoms with E-state index in [1.165, 1.54) is 44.9 Å². The van der Waals surface area contributed by atoms with Gasteiger partial charge in [-0.3, -0.25) is 0 Å². The molecule has 1 saturated heterocycles. The molecule has 0 aromatic carbocycles. The van der Waals surface area contributed by atoms with E-state index in [9.17, 15) is 0 Å². The molecule has 1 fully saturated rings. The molecule has 5 nitrogen and oxygen atoms in total. The molecule has 0 aliphatic carbocycles. The summed E-state index contributed by atoms with van der Waals surface area (Å²) in [6.07, 6.45) is 10.7. The molecule has 2 atom stereocenters. The molecule has 1 heterocycles. The van der Waals surface area contributed by atoms with Crippen molar-refractivity contribution in [3.05, 3.63) is 0 Å². The highest BCUT2D eigenvalue weighted by Gasteiger charge is 2.22. The molecule has 0 bridgehead atoms. The standard InChI is InChI=1S/C18H36O5/c1-3-4-5-6-7-8-9-10-17(23-16-19-2)13-20-11-12-21-14-18-15-22-18/h17-18H,3-16H2,1-2H3/t17-,18+/m0/s1. The van der Waals surface area contributed by atoms with Crippen molar-refractivity contribution in [1.82, 2.24) is 0 Å². The lowest BCUT2D eigenvalue weighted by Gasteiger charge is -2.17. The maximum atomic E-state index is 5.68. The van der Waals surface area contributed by atoms with Crippen molar-refractivity contribution >= 4 is 0 Å². The Labute approximate surface area is 142 Å². The van der Waals surface area contributed by atoms with Gasteiger partial charge in [0, 0.05) is 7.11 Å². The van der Waals surface area contributed by atoms with E-state index >= 15 is 0 Å². The molecule has 1 aliphatic rings. The molecule has 0 aromatic rings. The van der Waals surface area contributed by atoms with Crippen LogP contribution in [0.15, 0.2) is 0 Å². The average molecular weight is 332 g/mol. The molecule has 0 unspecified atom stereocenters. The van der Waals surface area contributed by atoms with Gasteiger partial charge < -0.3 is 23.7 Å². The van der Waals surface area contributed by atoms with Gasteiger partial charge in [-0.1, -0.05) is 51.9 Å². The normalized spacial score (nSPS) is 18.3. The number of hydrogen-bond acceptors (Lipinski definition) is 5. The molecule has 1 rings (SSSR count). The van der Waals surface area contributed by atoms with Crippen LogP contribution in [0.1, 0.15) is 58.3 Å². The van der Waals surface area contributed by atoms with E-state index in [-0.39, 0.29) is 6.10 Å². The Morgan fingerprint density at radius 3 is 2.39 bits per heavy atom. The van der Waals surface area contributed by atoms with Crippen molar-refractivity contribution in [3.8, 4) is 0 Å². The summed E-state index contributed by atoms with van der Waals surface area (Å²) < 4.78 is 26.9. The third-order valence-corrected chi connectivity index (χ3v) is 3.93. The Balaban J connectivity index is 1.94. The summed E-state index contributed by atoms with van der Waals surface area (Å²) in [6, 6.07) is 0. The summed E-state index contributed by atoms with van der Waals surface area (Å²) in [4.78, 5) is 0.